The van der Waals surface area contributed by atoms with E-state index >= 15 is 0 Å². The van der Waals surface area contributed by atoms with Crippen molar-refractivity contribution in [3.05, 3.63) is 105 Å². The number of amides is 2. The molecule has 1 N–H and O–H groups in total. The molecule has 0 fully saturated rings. The van der Waals surface area contributed by atoms with E-state index in [9.17, 15) is 9.59 Å². The second kappa shape index (κ2) is 11.9. The molecule has 3 rings (SSSR count). The topological polar surface area (TPSA) is 49.4 Å². The van der Waals surface area contributed by atoms with Gasteiger partial charge in [0.05, 0.1) is 6.42 Å². The fourth-order valence-corrected chi connectivity index (χ4v) is 4.54. The summed E-state index contributed by atoms with van der Waals surface area (Å²) in [5.41, 5.74) is 1.83. The summed E-state index contributed by atoms with van der Waals surface area (Å²) in [6.45, 7) is 5.95. The van der Waals surface area contributed by atoms with Gasteiger partial charge in [-0.05, 0) is 61.7 Å². The fraction of sp³-hybridized carbons (Fsp3) is 0.286. The molecule has 0 aliphatic rings. The Hall–Kier alpha value is -2.53. The predicted octanol–water partition coefficient (Wildman–Crippen LogP) is 6.74. The van der Waals surface area contributed by atoms with E-state index in [0.29, 0.717) is 27.1 Å². The lowest BCUT2D eigenvalue weighted by Crippen LogP contribution is -2.54. The van der Waals surface area contributed by atoms with Crippen molar-refractivity contribution >= 4 is 46.6 Å². The van der Waals surface area contributed by atoms with E-state index < -0.39 is 11.6 Å². The van der Waals surface area contributed by atoms with E-state index in [1.165, 1.54) is 0 Å². The first kappa shape index (κ1) is 27.1. The molecular formula is C28H29Cl3N2O2. The maximum Gasteiger partial charge on any atom is 0.243 e. The minimum absolute atomic E-state index is 0.0346. The van der Waals surface area contributed by atoms with Gasteiger partial charge in [0.15, 0.2) is 0 Å². The van der Waals surface area contributed by atoms with Gasteiger partial charge in [-0.3, -0.25) is 9.59 Å². The summed E-state index contributed by atoms with van der Waals surface area (Å²) in [4.78, 5) is 29.0. The number of nitrogens with zero attached hydrogens (tertiary/aromatic N) is 1. The van der Waals surface area contributed by atoms with Crippen molar-refractivity contribution in [2.75, 3.05) is 0 Å². The maximum atomic E-state index is 13.8. The molecule has 35 heavy (non-hydrogen) atoms. The summed E-state index contributed by atoms with van der Waals surface area (Å²) in [5.74, 6) is -0.494. The van der Waals surface area contributed by atoms with Gasteiger partial charge in [0.1, 0.15) is 6.04 Å². The molecule has 0 aromatic heterocycles. The molecule has 1 atom stereocenters. The van der Waals surface area contributed by atoms with Crippen molar-refractivity contribution in [3.63, 3.8) is 0 Å². The summed E-state index contributed by atoms with van der Waals surface area (Å²) in [6.07, 6.45) is 0.318. The highest BCUT2D eigenvalue weighted by molar-refractivity contribution is 6.36. The molecular weight excluding hydrogens is 503 g/mol. The molecule has 2 amide bonds. The number of halogens is 3. The van der Waals surface area contributed by atoms with Gasteiger partial charge >= 0.3 is 0 Å². The molecule has 1 unspecified atom stereocenters. The van der Waals surface area contributed by atoms with Crippen molar-refractivity contribution < 1.29 is 9.59 Å². The number of rotatable bonds is 8. The molecule has 3 aromatic rings. The van der Waals surface area contributed by atoms with Crippen LogP contribution in [0.2, 0.25) is 15.1 Å². The fourth-order valence-electron chi connectivity index (χ4n) is 3.79. The average molecular weight is 532 g/mol. The van der Waals surface area contributed by atoms with Crippen LogP contribution < -0.4 is 5.32 Å². The molecule has 0 bridgehead atoms. The molecule has 0 heterocycles. The third kappa shape index (κ3) is 7.99. The van der Waals surface area contributed by atoms with Crippen molar-refractivity contribution in [1.29, 1.82) is 0 Å². The minimum Gasteiger partial charge on any atom is -0.350 e. The van der Waals surface area contributed by atoms with Crippen LogP contribution in [0.15, 0.2) is 72.8 Å². The lowest BCUT2D eigenvalue weighted by atomic mass is 9.99. The Balaban J connectivity index is 2.03. The Kier molecular flexibility index (Phi) is 9.23. The third-order valence-electron chi connectivity index (χ3n) is 5.40. The summed E-state index contributed by atoms with van der Waals surface area (Å²) in [6, 6.07) is 21.3. The normalized spacial score (nSPS) is 12.2. The van der Waals surface area contributed by atoms with E-state index in [1.54, 1.807) is 35.2 Å². The van der Waals surface area contributed by atoms with Gasteiger partial charge in [0.25, 0.3) is 0 Å². The van der Waals surface area contributed by atoms with E-state index in [4.69, 9.17) is 34.8 Å². The minimum atomic E-state index is -0.760. The number of benzene rings is 3. The van der Waals surface area contributed by atoms with Gasteiger partial charge in [-0.2, -0.15) is 0 Å². The monoisotopic (exact) mass is 530 g/mol. The van der Waals surface area contributed by atoms with Gasteiger partial charge in [-0.15, -0.1) is 0 Å². The van der Waals surface area contributed by atoms with Gasteiger partial charge in [-0.25, -0.2) is 0 Å². The number of hydrogen-bond acceptors (Lipinski definition) is 2. The lowest BCUT2D eigenvalue weighted by molar-refractivity contribution is -0.141. The first-order valence-electron chi connectivity index (χ1n) is 11.4. The largest absolute Gasteiger partial charge is 0.350 e. The van der Waals surface area contributed by atoms with Gasteiger partial charge in [0.2, 0.25) is 11.8 Å². The van der Waals surface area contributed by atoms with Crippen LogP contribution in [0.4, 0.5) is 0 Å². The zero-order valence-corrected chi connectivity index (χ0v) is 22.3. The van der Waals surface area contributed by atoms with Crippen LogP contribution in [0.5, 0.6) is 0 Å². The summed E-state index contributed by atoms with van der Waals surface area (Å²) < 4.78 is 0. The van der Waals surface area contributed by atoms with Crippen LogP contribution in [0.1, 0.15) is 37.5 Å². The predicted molar refractivity (Wildman–Crippen MR) is 144 cm³/mol. The Bertz CT molecular complexity index is 1160. The molecule has 0 spiro atoms. The molecule has 0 radical (unpaired) electrons. The van der Waals surface area contributed by atoms with Crippen LogP contribution in [0, 0.1) is 0 Å². The van der Waals surface area contributed by atoms with Crippen molar-refractivity contribution in [2.45, 2.75) is 51.7 Å². The molecule has 0 saturated carbocycles. The number of carbonyl (C=O) groups excluding carboxylic acids is 2. The zero-order chi connectivity index (χ0) is 25.6. The Morgan fingerprint density at radius 2 is 1.46 bits per heavy atom. The highest BCUT2D eigenvalue weighted by Gasteiger charge is 2.32. The van der Waals surface area contributed by atoms with Gasteiger partial charge in [0, 0.05) is 33.6 Å². The molecule has 0 aliphatic heterocycles. The van der Waals surface area contributed by atoms with E-state index in [0.717, 1.165) is 11.1 Å². The van der Waals surface area contributed by atoms with Gasteiger partial charge in [-0.1, -0.05) is 83.3 Å². The molecule has 0 aliphatic carbocycles. The quantitative estimate of drug-likeness (QED) is 0.350. The molecule has 4 nitrogen and oxygen atoms in total. The van der Waals surface area contributed by atoms with Crippen molar-refractivity contribution in [3.8, 4) is 0 Å². The first-order chi connectivity index (χ1) is 16.5. The zero-order valence-electron chi connectivity index (χ0n) is 20.0. The lowest BCUT2D eigenvalue weighted by Gasteiger charge is -2.34. The van der Waals surface area contributed by atoms with Gasteiger partial charge < -0.3 is 10.2 Å². The second-order valence-corrected chi connectivity index (χ2v) is 10.7. The summed E-state index contributed by atoms with van der Waals surface area (Å²) >= 11 is 19.0. The van der Waals surface area contributed by atoms with Crippen LogP contribution in [0.25, 0.3) is 0 Å². The smallest absolute Gasteiger partial charge is 0.243 e. The SMILES string of the molecule is CC(C)(C)NC(=O)C(Cc1ccccc1)N(Cc1cccc(Cl)c1)C(=O)Cc1c(Cl)cccc1Cl. The van der Waals surface area contributed by atoms with E-state index in [1.807, 2.05) is 63.2 Å². The van der Waals surface area contributed by atoms with Crippen LogP contribution in [0.3, 0.4) is 0 Å². The summed E-state index contributed by atoms with van der Waals surface area (Å²) in [7, 11) is 0. The average Bonchev–Trinajstić information content (AvgIpc) is 2.78. The Labute approximate surface area is 222 Å². The third-order valence-corrected chi connectivity index (χ3v) is 6.34. The second-order valence-electron chi connectivity index (χ2n) is 9.47. The number of hydrogen-bond donors (Lipinski definition) is 1. The van der Waals surface area contributed by atoms with Crippen LogP contribution in [-0.4, -0.2) is 28.3 Å². The Morgan fingerprint density at radius 3 is 2.06 bits per heavy atom. The number of carbonyl (C=O) groups is 2. The van der Waals surface area contributed by atoms with Crippen LogP contribution >= 0.6 is 34.8 Å². The van der Waals surface area contributed by atoms with E-state index in [2.05, 4.69) is 5.32 Å². The van der Waals surface area contributed by atoms with Crippen molar-refractivity contribution in [1.82, 2.24) is 10.2 Å². The number of nitrogens with one attached hydrogen (secondary N) is 1. The molecule has 0 saturated heterocycles. The molecule has 3 aromatic carbocycles. The molecule has 184 valence electrons. The standard InChI is InChI=1S/C28H29Cl3N2O2/c1-28(2,3)32-27(35)25(16-19-9-5-4-6-10-19)33(18-20-11-7-12-21(29)15-20)26(34)17-22-23(30)13-8-14-24(22)31/h4-15,25H,16-18H2,1-3H3,(H,32,35). The Morgan fingerprint density at radius 1 is 0.857 bits per heavy atom. The highest BCUT2D eigenvalue weighted by atomic mass is 35.5. The highest BCUT2D eigenvalue weighted by Crippen LogP contribution is 2.26. The van der Waals surface area contributed by atoms with Crippen LogP contribution in [-0.2, 0) is 29.0 Å². The molecule has 7 heteroatoms. The van der Waals surface area contributed by atoms with Crippen molar-refractivity contribution in [2.24, 2.45) is 0 Å². The van der Waals surface area contributed by atoms with E-state index in [-0.39, 0.29) is 24.8 Å². The maximum absolute atomic E-state index is 13.8. The first-order valence-corrected chi connectivity index (χ1v) is 12.5. The summed E-state index contributed by atoms with van der Waals surface area (Å²) in [5, 5.41) is 4.42.